The lowest BCUT2D eigenvalue weighted by atomic mass is 10.1. The number of nitrogens with one attached hydrogen (secondary N) is 2. The number of alkyl halides is 2. The third-order valence-electron chi connectivity index (χ3n) is 5.68. The second-order valence-electron chi connectivity index (χ2n) is 7.82. The number of benzene rings is 2. The summed E-state index contributed by atoms with van der Waals surface area (Å²) in [5.41, 5.74) is 1.12. The van der Waals surface area contributed by atoms with E-state index in [1.54, 1.807) is 37.4 Å². The van der Waals surface area contributed by atoms with Gasteiger partial charge in [-0.2, -0.15) is 5.10 Å². The van der Waals surface area contributed by atoms with E-state index in [-0.39, 0.29) is 17.8 Å². The molecule has 0 spiro atoms. The van der Waals surface area contributed by atoms with Crippen LogP contribution in [0.5, 0.6) is 5.75 Å². The van der Waals surface area contributed by atoms with Crippen molar-refractivity contribution in [1.29, 1.82) is 0 Å². The van der Waals surface area contributed by atoms with Gasteiger partial charge in [0.05, 0.1) is 42.5 Å². The Morgan fingerprint density at radius 2 is 1.80 bits per heavy atom. The van der Waals surface area contributed by atoms with E-state index < -0.39 is 29.9 Å². The summed E-state index contributed by atoms with van der Waals surface area (Å²) in [7, 11) is 1.55. The van der Waals surface area contributed by atoms with Gasteiger partial charge in [0, 0.05) is 5.56 Å². The van der Waals surface area contributed by atoms with Gasteiger partial charge in [-0.1, -0.05) is 18.2 Å². The quantitative estimate of drug-likeness (QED) is 0.220. The van der Waals surface area contributed by atoms with Crippen LogP contribution >= 0.6 is 15.9 Å². The molecule has 4 aromatic rings. The van der Waals surface area contributed by atoms with Crippen LogP contribution in [0.3, 0.4) is 0 Å². The summed E-state index contributed by atoms with van der Waals surface area (Å²) in [5.74, 6) is -0.995. The Hall–Kier alpha value is -3.60. The van der Waals surface area contributed by atoms with Gasteiger partial charge in [0.15, 0.2) is 5.69 Å². The Bertz CT molecular complexity index is 1370. The fourth-order valence-corrected chi connectivity index (χ4v) is 4.41. The first-order valence-electron chi connectivity index (χ1n) is 10.5. The van der Waals surface area contributed by atoms with Crippen molar-refractivity contribution >= 4 is 27.3 Å². The standard InChI is InChI=1S/C24H18BrF4N5O/c1-35-13-7-5-12(6-8-13)11-34-22-14-9-18(25)30-10-17(14)31-24(19-15(26)3-2-4-16(19)27)32-20(22)21(33-34)23(28)29/h2-10,23-24,31-32H,11H2,1H3. The third kappa shape index (κ3) is 4.31. The topological polar surface area (TPSA) is 64.0 Å². The number of fused-ring (bicyclic) bond motifs is 3. The number of hydrogen-bond donors (Lipinski definition) is 2. The Morgan fingerprint density at radius 1 is 1.09 bits per heavy atom. The van der Waals surface area contributed by atoms with E-state index in [0.717, 1.165) is 17.7 Å². The molecule has 180 valence electrons. The molecule has 0 amide bonds. The summed E-state index contributed by atoms with van der Waals surface area (Å²) in [4.78, 5) is 4.20. The molecule has 0 aliphatic carbocycles. The minimum Gasteiger partial charge on any atom is -0.497 e. The predicted molar refractivity (Wildman–Crippen MR) is 127 cm³/mol. The molecule has 0 saturated carbocycles. The SMILES string of the molecule is COc1ccc(Cn2nc(C(F)F)c3c2-c2cc(Br)ncc2NC(c2c(F)cccc2F)N3)cc1. The maximum absolute atomic E-state index is 14.7. The summed E-state index contributed by atoms with van der Waals surface area (Å²) in [5, 5.41) is 10.1. The normalized spacial score (nSPS) is 14.5. The highest BCUT2D eigenvalue weighted by atomic mass is 79.9. The smallest absolute Gasteiger partial charge is 0.284 e. The minimum absolute atomic E-state index is 0.0227. The number of nitrogens with zero attached hydrogens (tertiary/aromatic N) is 3. The van der Waals surface area contributed by atoms with E-state index in [2.05, 4.69) is 36.6 Å². The zero-order chi connectivity index (χ0) is 24.7. The zero-order valence-electron chi connectivity index (χ0n) is 18.2. The van der Waals surface area contributed by atoms with Crippen molar-refractivity contribution in [1.82, 2.24) is 14.8 Å². The van der Waals surface area contributed by atoms with Crippen LogP contribution in [0, 0.1) is 11.6 Å². The van der Waals surface area contributed by atoms with Crippen LogP contribution in [0.25, 0.3) is 11.3 Å². The van der Waals surface area contributed by atoms with Gasteiger partial charge in [0.2, 0.25) is 0 Å². The Morgan fingerprint density at radius 3 is 2.46 bits per heavy atom. The van der Waals surface area contributed by atoms with Crippen molar-refractivity contribution in [3.05, 3.63) is 87.8 Å². The lowest BCUT2D eigenvalue weighted by molar-refractivity contribution is 0.145. The van der Waals surface area contributed by atoms with Crippen molar-refractivity contribution in [3.8, 4) is 17.0 Å². The number of pyridine rings is 1. The number of ether oxygens (including phenoxy) is 1. The van der Waals surface area contributed by atoms with E-state index in [4.69, 9.17) is 4.74 Å². The molecule has 2 N–H and O–H groups in total. The first-order chi connectivity index (χ1) is 16.9. The highest BCUT2D eigenvalue weighted by Crippen LogP contribution is 2.45. The summed E-state index contributed by atoms with van der Waals surface area (Å²) >= 11 is 3.32. The van der Waals surface area contributed by atoms with Crippen LogP contribution < -0.4 is 15.4 Å². The lowest BCUT2D eigenvalue weighted by Gasteiger charge is -2.22. The molecular formula is C24H18BrF4N5O. The first kappa shape index (κ1) is 23.2. The first-order valence-corrected chi connectivity index (χ1v) is 11.3. The highest BCUT2D eigenvalue weighted by molar-refractivity contribution is 9.10. The number of halogens is 5. The Kier molecular flexibility index (Phi) is 6.10. The molecule has 6 nitrogen and oxygen atoms in total. The minimum atomic E-state index is -2.94. The van der Waals surface area contributed by atoms with Gasteiger partial charge in [-0.3, -0.25) is 4.68 Å². The highest BCUT2D eigenvalue weighted by Gasteiger charge is 2.33. The van der Waals surface area contributed by atoms with Crippen LogP contribution in [-0.2, 0) is 6.54 Å². The van der Waals surface area contributed by atoms with Gasteiger partial charge in [0.1, 0.15) is 28.2 Å². The molecule has 2 aromatic heterocycles. The lowest BCUT2D eigenvalue weighted by Crippen LogP contribution is -2.22. The number of hydrogen-bond acceptors (Lipinski definition) is 5. The van der Waals surface area contributed by atoms with E-state index in [0.29, 0.717) is 27.3 Å². The zero-order valence-corrected chi connectivity index (χ0v) is 19.8. The van der Waals surface area contributed by atoms with Gasteiger partial charge < -0.3 is 15.4 Å². The molecule has 1 aliphatic heterocycles. The third-order valence-corrected chi connectivity index (χ3v) is 6.11. The largest absolute Gasteiger partial charge is 0.497 e. The second kappa shape index (κ2) is 9.21. The maximum Gasteiger partial charge on any atom is 0.284 e. The molecule has 1 atom stereocenters. The van der Waals surface area contributed by atoms with E-state index in [1.807, 2.05) is 0 Å². The molecule has 0 saturated heterocycles. The molecule has 1 unspecified atom stereocenters. The number of methoxy groups -OCH3 is 1. The van der Waals surface area contributed by atoms with E-state index in [1.165, 1.54) is 16.9 Å². The number of aromatic nitrogens is 3. The molecule has 5 rings (SSSR count). The van der Waals surface area contributed by atoms with Gasteiger partial charge in [-0.05, 0) is 51.8 Å². The summed E-state index contributed by atoms with van der Waals surface area (Å²) in [6.07, 6.45) is -2.67. The summed E-state index contributed by atoms with van der Waals surface area (Å²) in [6, 6.07) is 12.2. The van der Waals surface area contributed by atoms with Crippen LogP contribution in [0.2, 0.25) is 0 Å². The monoisotopic (exact) mass is 547 g/mol. The van der Waals surface area contributed by atoms with E-state index >= 15 is 0 Å². The van der Waals surface area contributed by atoms with Crippen molar-refractivity contribution in [3.63, 3.8) is 0 Å². The van der Waals surface area contributed by atoms with E-state index in [9.17, 15) is 17.6 Å². The molecule has 0 bridgehead atoms. The maximum atomic E-state index is 14.7. The summed E-state index contributed by atoms with van der Waals surface area (Å²) < 4.78 is 64.7. The van der Waals surface area contributed by atoms with Crippen molar-refractivity contribution in [2.75, 3.05) is 17.7 Å². The molecule has 2 aromatic carbocycles. The molecule has 3 heterocycles. The Balaban J connectivity index is 1.70. The molecular weight excluding hydrogens is 530 g/mol. The average Bonchev–Trinajstić information content (AvgIpc) is 3.09. The van der Waals surface area contributed by atoms with Crippen molar-refractivity contribution < 1.29 is 22.3 Å². The average molecular weight is 548 g/mol. The number of rotatable bonds is 5. The van der Waals surface area contributed by atoms with Crippen LogP contribution in [-0.4, -0.2) is 21.9 Å². The van der Waals surface area contributed by atoms with Gasteiger partial charge in [-0.15, -0.1) is 0 Å². The van der Waals surface area contributed by atoms with Crippen LogP contribution in [0.1, 0.15) is 29.4 Å². The molecule has 11 heteroatoms. The molecule has 1 aliphatic rings. The number of anilines is 2. The molecule has 0 radical (unpaired) electrons. The fourth-order valence-electron chi connectivity index (χ4n) is 4.08. The van der Waals surface area contributed by atoms with Crippen molar-refractivity contribution in [2.24, 2.45) is 0 Å². The molecule has 35 heavy (non-hydrogen) atoms. The van der Waals surface area contributed by atoms with Crippen LogP contribution in [0.4, 0.5) is 28.9 Å². The van der Waals surface area contributed by atoms with Crippen LogP contribution in [0.15, 0.2) is 59.3 Å². The van der Waals surface area contributed by atoms with Crippen molar-refractivity contribution in [2.45, 2.75) is 19.1 Å². The fraction of sp³-hybridized carbons (Fsp3) is 0.167. The van der Waals surface area contributed by atoms with Gasteiger partial charge in [0.25, 0.3) is 6.43 Å². The summed E-state index contributed by atoms with van der Waals surface area (Å²) in [6.45, 7) is 0.166. The van der Waals surface area contributed by atoms with Gasteiger partial charge >= 0.3 is 0 Å². The van der Waals surface area contributed by atoms with Gasteiger partial charge in [-0.25, -0.2) is 22.5 Å². The Labute approximate surface area is 206 Å². The predicted octanol–water partition coefficient (Wildman–Crippen LogP) is 6.52. The second-order valence-corrected chi connectivity index (χ2v) is 8.64. The molecule has 0 fully saturated rings.